The second-order valence-corrected chi connectivity index (χ2v) is 8.25. The fourth-order valence-electron chi connectivity index (χ4n) is 3.54. The summed E-state index contributed by atoms with van der Waals surface area (Å²) in [5, 5.41) is 22.9. The fraction of sp³-hybridized carbons (Fsp3) is 0.480. The van der Waals surface area contributed by atoms with E-state index in [0.29, 0.717) is 31.4 Å². The molecule has 0 heterocycles. The number of carboxylic acids is 1. The van der Waals surface area contributed by atoms with Crippen LogP contribution in [0.25, 0.3) is 0 Å². The maximum Gasteiger partial charge on any atom is 0.304 e. The number of carboxylic acid groups (broad SMARTS) is 1. The summed E-state index contributed by atoms with van der Waals surface area (Å²) in [6, 6.07) is 4.87. The van der Waals surface area contributed by atoms with Crippen LogP contribution in [0.1, 0.15) is 50.5 Å². The first kappa shape index (κ1) is 28.5. The topological polar surface area (TPSA) is 130 Å². The first-order valence-corrected chi connectivity index (χ1v) is 11.4. The summed E-state index contributed by atoms with van der Waals surface area (Å²) < 4.78 is 0. The van der Waals surface area contributed by atoms with Gasteiger partial charge in [0, 0.05) is 38.1 Å². The van der Waals surface area contributed by atoms with Crippen molar-refractivity contribution in [2.24, 2.45) is 5.92 Å². The third-order valence-corrected chi connectivity index (χ3v) is 5.48. The Bertz CT molecular complexity index is 853. The third-order valence-electron chi connectivity index (χ3n) is 5.48. The maximum absolute atomic E-state index is 13.2. The third kappa shape index (κ3) is 10.4. The normalized spacial score (nSPS) is 12.3. The Morgan fingerprint density at radius 1 is 1.12 bits per heavy atom. The van der Waals surface area contributed by atoms with Gasteiger partial charge in [0.15, 0.2) is 0 Å². The summed E-state index contributed by atoms with van der Waals surface area (Å²) >= 11 is 0. The van der Waals surface area contributed by atoms with E-state index in [0.717, 1.165) is 19.3 Å². The summed E-state index contributed by atoms with van der Waals surface area (Å²) in [4.78, 5) is 49.4. The lowest BCUT2D eigenvalue weighted by atomic mass is 9.96. The van der Waals surface area contributed by atoms with Crippen LogP contribution < -0.4 is 5.32 Å². The van der Waals surface area contributed by atoms with E-state index in [1.807, 2.05) is 6.08 Å². The minimum atomic E-state index is -1.09. The monoisotopic (exact) mass is 473 g/mol. The van der Waals surface area contributed by atoms with Crippen molar-refractivity contribution in [2.45, 2.75) is 57.4 Å². The van der Waals surface area contributed by atoms with Crippen molar-refractivity contribution >= 4 is 23.5 Å². The molecular formula is C25H35N3O6. The van der Waals surface area contributed by atoms with Gasteiger partial charge in [-0.1, -0.05) is 24.3 Å². The molecule has 1 unspecified atom stereocenters. The average Bonchev–Trinajstić information content (AvgIpc) is 2.80. The summed E-state index contributed by atoms with van der Waals surface area (Å²) in [5.74, 6) is -2.66. The van der Waals surface area contributed by atoms with E-state index >= 15 is 0 Å². The molecule has 34 heavy (non-hydrogen) atoms. The van der Waals surface area contributed by atoms with Crippen LogP contribution in [0.5, 0.6) is 0 Å². The van der Waals surface area contributed by atoms with E-state index in [2.05, 4.69) is 18.5 Å². The highest BCUT2D eigenvalue weighted by molar-refractivity contribution is 5.90. The largest absolute Gasteiger partial charge is 0.481 e. The molecule has 0 aliphatic heterocycles. The molecule has 0 aliphatic rings. The molecule has 9 heteroatoms. The minimum absolute atomic E-state index is 0.0706. The molecule has 186 valence electrons. The van der Waals surface area contributed by atoms with Crippen LogP contribution in [0.4, 0.5) is 5.69 Å². The second kappa shape index (κ2) is 15.4. The van der Waals surface area contributed by atoms with E-state index in [1.165, 1.54) is 12.1 Å². The SMILES string of the molecule is C=CCCCCN(C)C(=O)[C@H](Cc1ccc([N+](=O)[O-])cc1)NC(=O)C(CCCC=C)CC(=O)O. The molecule has 0 bridgehead atoms. The van der Waals surface area contributed by atoms with E-state index in [4.69, 9.17) is 0 Å². The Morgan fingerprint density at radius 2 is 1.74 bits per heavy atom. The number of likely N-dealkylation sites (N-methyl/N-ethyl adjacent to an activating group) is 1. The van der Waals surface area contributed by atoms with Gasteiger partial charge >= 0.3 is 5.97 Å². The van der Waals surface area contributed by atoms with Gasteiger partial charge in [-0.05, 0) is 44.1 Å². The maximum atomic E-state index is 13.2. The first-order chi connectivity index (χ1) is 16.2. The van der Waals surface area contributed by atoms with Crippen molar-refractivity contribution in [3.8, 4) is 0 Å². The lowest BCUT2D eigenvalue weighted by Gasteiger charge is -2.26. The zero-order valence-corrected chi connectivity index (χ0v) is 19.8. The zero-order chi connectivity index (χ0) is 25.5. The Hall–Kier alpha value is -3.49. The van der Waals surface area contributed by atoms with Crippen LogP contribution in [0.15, 0.2) is 49.6 Å². The molecule has 0 fully saturated rings. The molecule has 0 spiro atoms. The Kier molecular flexibility index (Phi) is 12.9. The molecule has 0 saturated carbocycles. The summed E-state index contributed by atoms with van der Waals surface area (Å²) in [6.45, 7) is 7.82. The number of carbonyl (C=O) groups excluding carboxylic acids is 2. The number of unbranched alkanes of at least 4 members (excludes halogenated alkanes) is 3. The van der Waals surface area contributed by atoms with Crippen LogP contribution in [-0.4, -0.2) is 52.3 Å². The Morgan fingerprint density at radius 3 is 2.29 bits per heavy atom. The number of nitrogens with zero attached hydrogens (tertiary/aromatic N) is 2. The van der Waals surface area contributed by atoms with Crippen molar-refractivity contribution < 1.29 is 24.4 Å². The van der Waals surface area contributed by atoms with Gasteiger partial charge in [0.05, 0.1) is 11.3 Å². The number of hydrogen-bond acceptors (Lipinski definition) is 5. The molecule has 0 aromatic heterocycles. The van der Waals surface area contributed by atoms with Crippen LogP contribution in [0, 0.1) is 16.0 Å². The van der Waals surface area contributed by atoms with Gasteiger partial charge in [-0.3, -0.25) is 24.5 Å². The quantitative estimate of drug-likeness (QED) is 0.153. The second-order valence-electron chi connectivity index (χ2n) is 8.25. The molecule has 9 nitrogen and oxygen atoms in total. The molecule has 2 N–H and O–H groups in total. The summed E-state index contributed by atoms with van der Waals surface area (Å²) in [7, 11) is 1.66. The molecule has 1 aromatic carbocycles. The molecule has 2 atom stereocenters. The van der Waals surface area contributed by atoms with Gasteiger partial charge in [0.1, 0.15) is 6.04 Å². The van der Waals surface area contributed by atoms with Crippen molar-refractivity contribution in [2.75, 3.05) is 13.6 Å². The molecular weight excluding hydrogens is 438 g/mol. The number of nitrogens with one attached hydrogen (secondary N) is 1. The zero-order valence-electron chi connectivity index (χ0n) is 19.8. The lowest BCUT2D eigenvalue weighted by molar-refractivity contribution is -0.384. The van der Waals surface area contributed by atoms with Crippen molar-refractivity contribution in [3.05, 3.63) is 65.3 Å². The molecule has 0 aliphatic carbocycles. The van der Waals surface area contributed by atoms with Crippen molar-refractivity contribution in [3.63, 3.8) is 0 Å². The number of rotatable bonds is 17. The molecule has 2 amide bonds. The Balaban J connectivity index is 3.03. The molecule has 1 aromatic rings. The smallest absolute Gasteiger partial charge is 0.304 e. The number of allylic oxidation sites excluding steroid dienone is 2. The summed E-state index contributed by atoms with van der Waals surface area (Å²) in [5.41, 5.74) is 0.574. The molecule has 0 saturated heterocycles. The van der Waals surface area contributed by atoms with Gasteiger partial charge in [-0.2, -0.15) is 0 Å². The van der Waals surface area contributed by atoms with Gasteiger partial charge in [0.25, 0.3) is 5.69 Å². The number of non-ortho nitro benzene ring substituents is 1. The first-order valence-electron chi connectivity index (χ1n) is 11.4. The number of carbonyl (C=O) groups is 3. The van der Waals surface area contributed by atoms with Gasteiger partial charge in [0.2, 0.25) is 11.8 Å². The predicted octanol–water partition coefficient (Wildman–Crippen LogP) is 3.88. The Labute approximate surface area is 200 Å². The van der Waals surface area contributed by atoms with E-state index in [-0.39, 0.29) is 24.4 Å². The minimum Gasteiger partial charge on any atom is -0.481 e. The van der Waals surface area contributed by atoms with Crippen molar-refractivity contribution in [1.29, 1.82) is 0 Å². The number of nitro benzene ring substituents is 1. The highest BCUT2D eigenvalue weighted by Gasteiger charge is 2.29. The number of aliphatic carboxylic acids is 1. The van der Waals surface area contributed by atoms with Gasteiger partial charge in [-0.25, -0.2) is 0 Å². The standard InChI is InChI=1S/C25H35N3O6/c1-4-6-8-10-16-27(3)25(32)22(17-19-12-14-21(15-13-19)28(33)34)26-24(31)20(18-23(29)30)11-9-7-5-2/h4-5,12-15,20,22H,1-2,6-11,16-18H2,3H3,(H,26,31)(H,29,30)/t20?,22-/m0/s1. The van der Waals surface area contributed by atoms with Crippen LogP contribution in [0.2, 0.25) is 0 Å². The summed E-state index contributed by atoms with van der Waals surface area (Å²) in [6.07, 6.45) is 7.44. The highest BCUT2D eigenvalue weighted by atomic mass is 16.6. The van der Waals surface area contributed by atoms with Gasteiger partial charge in [-0.15, -0.1) is 13.2 Å². The fourth-order valence-corrected chi connectivity index (χ4v) is 3.54. The highest BCUT2D eigenvalue weighted by Crippen LogP contribution is 2.17. The number of amides is 2. The number of benzene rings is 1. The van der Waals surface area contributed by atoms with E-state index < -0.39 is 28.8 Å². The number of hydrogen-bond donors (Lipinski definition) is 2. The molecule has 1 rings (SSSR count). The van der Waals surface area contributed by atoms with Crippen LogP contribution in [0.3, 0.4) is 0 Å². The van der Waals surface area contributed by atoms with Crippen molar-refractivity contribution in [1.82, 2.24) is 10.2 Å². The lowest BCUT2D eigenvalue weighted by Crippen LogP contribution is -2.50. The average molecular weight is 474 g/mol. The van der Waals surface area contributed by atoms with E-state index in [9.17, 15) is 29.6 Å². The molecule has 0 radical (unpaired) electrons. The number of nitro groups is 1. The van der Waals surface area contributed by atoms with Crippen LogP contribution in [-0.2, 0) is 20.8 Å². The predicted molar refractivity (Wildman–Crippen MR) is 130 cm³/mol. The van der Waals surface area contributed by atoms with Crippen LogP contribution >= 0.6 is 0 Å². The van der Waals surface area contributed by atoms with E-state index in [1.54, 1.807) is 30.2 Å². The van der Waals surface area contributed by atoms with Gasteiger partial charge < -0.3 is 15.3 Å².